The van der Waals surface area contributed by atoms with Crippen LogP contribution in [0.1, 0.15) is 19.3 Å². The van der Waals surface area contributed by atoms with E-state index in [1.54, 1.807) is 17.9 Å². The van der Waals surface area contributed by atoms with Crippen LogP contribution in [0.5, 0.6) is 0 Å². The Kier molecular flexibility index (Phi) is 5.31. The molecule has 108 valence electrons. The minimum Gasteiger partial charge on any atom is -0.399 e. The van der Waals surface area contributed by atoms with Crippen molar-refractivity contribution in [3.63, 3.8) is 0 Å². The van der Waals surface area contributed by atoms with Crippen LogP contribution in [-0.2, 0) is 11.3 Å². The van der Waals surface area contributed by atoms with E-state index in [1.807, 2.05) is 12.1 Å². The fourth-order valence-corrected chi connectivity index (χ4v) is 2.23. The lowest BCUT2D eigenvalue weighted by Gasteiger charge is -2.06. The van der Waals surface area contributed by atoms with E-state index in [2.05, 4.69) is 15.5 Å². The molecule has 0 spiro atoms. The lowest BCUT2D eigenvalue weighted by Crippen LogP contribution is -2.04. The van der Waals surface area contributed by atoms with E-state index < -0.39 is 0 Å². The average molecular weight is 296 g/mol. The van der Waals surface area contributed by atoms with E-state index in [-0.39, 0.29) is 0 Å². The molecule has 0 saturated carbocycles. The Hall–Kier alpha value is -1.66. The van der Waals surface area contributed by atoms with Crippen molar-refractivity contribution in [3.8, 4) is 11.4 Å². The zero-order valence-electron chi connectivity index (χ0n) is 11.4. The summed E-state index contributed by atoms with van der Waals surface area (Å²) in [6.07, 6.45) is 3.11. The Morgan fingerprint density at radius 1 is 1.25 bits per heavy atom. The van der Waals surface area contributed by atoms with Crippen molar-refractivity contribution >= 4 is 17.3 Å². The molecule has 0 aliphatic carbocycles. The van der Waals surface area contributed by atoms with E-state index >= 15 is 0 Å². The second-order valence-electron chi connectivity index (χ2n) is 4.55. The highest BCUT2D eigenvalue weighted by atomic mass is 35.5. The molecule has 0 radical (unpaired) electrons. The largest absolute Gasteiger partial charge is 0.399 e. The summed E-state index contributed by atoms with van der Waals surface area (Å²) in [5, 5.41) is 12.4. The molecular weight excluding hydrogens is 278 g/mol. The third-order valence-corrected chi connectivity index (χ3v) is 3.15. The van der Waals surface area contributed by atoms with Gasteiger partial charge in [0, 0.05) is 36.5 Å². The van der Waals surface area contributed by atoms with Crippen molar-refractivity contribution in [1.29, 1.82) is 0 Å². The highest BCUT2D eigenvalue weighted by molar-refractivity contribution is 6.31. The van der Waals surface area contributed by atoms with Gasteiger partial charge in [0.1, 0.15) is 0 Å². The zero-order valence-corrected chi connectivity index (χ0v) is 12.2. The first kappa shape index (κ1) is 14.7. The third-order valence-electron chi connectivity index (χ3n) is 2.93. The number of anilines is 1. The summed E-state index contributed by atoms with van der Waals surface area (Å²) >= 11 is 6.01. The maximum atomic E-state index is 6.01. The number of aryl methyl sites for hydroxylation is 1. The number of halogens is 1. The van der Waals surface area contributed by atoms with Gasteiger partial charge >= 0.3 is 0 Å². The first-order valence-electron chi connectivity index (χ1n) is 6.52. The summed E-state index contributed by atoms with van der Waals surface area (Å²) in [5.74, 6) is 0.686. The molecule has 0 fully saturated rings. The molecule has 1 heterocycles. The van der Waals surface area contributed by atoms with E-state index in [4.69, 9.17) is 22.1 Å². The fraction of sp³-hybridized carbons (Fsp3) is 0.462. The van der Waals surface area contributed by atoms with Gasteiger partial charge in [-0.15, -0.1) is 5.10 Å². The summed E-state index contributed by atoms with van der Waals surface area (Å²) in [4.78, 5) is 0. The number of methoxy groups -OCH3 is 1. The molecule has 0 aliphatic rings. The maximum absolute atomic E-state index is 6.01. The van der Waals surface area contributed by atoms with Crippen molar-refractivity contribution < 1.29 is 4.74 Å². The van der Waals surface area contributed by atoms with Gasteiger partial charge in [-0.2, -0.15) is 0 Å². The third kappa shape index (κ3) is 3.91. The Labute approximate surface area is 122 Å². The van der Waals surface area contributed by atoms with Gasteiger partial charge in [-0.3, -0.25) is 0 Å². The van der Waals surface area contributed by atoms with Gasteiger partial charge in [0.2, 0.25) is 0 Å². The van der Waals surface area contributed by atoms with Crippen LogP contribution >= 0.6 is 11.6 Å². The summed E-state index contributed by atoms with van der Waals surface area (Å²) in [7, 11) is 1.71. The van der Waals surface area contributed by atoms with Gasteiger partial charge < -0.3 is 10.5 Å². The molecule has 1 aromatic heterocycles. The van der Waals surface area contributed by atoms with Crippen LogP contribution in [0, 0.1) is 0 Å². The molecule has 7 heteroatoms. The molecule has 0 atom stereocenters. The molecule has 0 amide bonds. The number of hydrogen-bond acceptors (Lipinski definition) is 5. The highest BCUT2D eigenvalue weighted by Gasteiger charge is 2.10. The van der Waals surface area contributed by atoms with Crippen molar-refractivity contribution in [2.75, 3.05) is 19.5 Å². The van der Waals surface area contributed by atoms with Crippen LogP contribution in [0.2, 0.25) is 5.02 Å². The monoisotopic (exact) mass is 295 g/mol. The topological polar surface area (TPSA) is 78.8 Å². The van der Waals surface area contributed by atoms with Gasteiger partial charge in [-0.1, -0.05) is 11.6 Å². The number of unbranched alkanes of at least 4 members (excludes halogenated alkanes) is 2. The molecule has 0 saturated heterocycles. The number of nitrogens with two attached hydrogens (primary N) is 1. The van der Waals surface area contributed by atoms with Crippen LogP contribution < -0.4 is 5.73 Å². The normalized spacial score (nSPS) is 10.9. The number of nitrogen functional groups attached to an aromatic ring is 1. The molecule has 0 unspecified atom stereocenters. The Morgan fingerprint density at radius 3 is 2.85 bits per heavy atom. The summed E-state index contributed by atoms with van der Waals surface area (Å²) in [5.41, 5.74) is 7.22. The standard InChI is InChI=1S/C13H18ClN5O/c1-20-6-4-2-3-5-19-13(16-17-18-19)10-7-11(14)9-12(15)8-10/h7-9H,2-6,15H2,1H3. The van der Waals surface area contributed by atoms with Gasteiger partial charge in [-0.05, 0) is 47.9 Å². The van der Waals surface area contributed by atoms with E-state index in [0.29, 0.717) is 16.5 Å². The zero-order chi connectivity index (χ0) is 14.4. The average Bonchev–Trinajstić information content (AvgIpc) is 2.86. The van der Waals surface area contributed by atoms with Crippen LogP contribution in [0.25, 0.3) is 11.4 Å². The lowest BCUT2D eigenvalue weighted by atomic mass is 10.2. The van der Waals surface area contributed by atoms with E-state index in [9.17, 15) is 0 Å². The molecule has 1 aromatic carbocycles. The Morgan fingerprint density at radius 2 is 2.10 bits per heavy atom. The first-order valence-corrected chi connectivity index (χ1v) is 6.90. The van der Waals surface area contributed by atoms with Gasteiger partial charge in [-0.25, -0.2) is 4.68 Å². The van der Waals surface area contributed by atoms with Gasteiger partial charge in [0.15, 0.2) is 5.82 Å². The van der Waals surface area contributed by atoms with E-state index in [0.717, 1.165) is 38.0 Å². The first-order chi connectivity index (χ1) is 9.70. The summed E-state index contributed by atoms with van der Waals surface area (Å²) in [6, 6.07) is 5.33. The molecule has 6 nitrogen and oxygen atoms in total. The summed E-state index contributed by atoms with van der Waals surface area (Å²) < 4.78 is 6.80. The number of nitrogens with zero attached hydrogens (tertiary/aromatic N) is 4. The van der Waals surface area contributed by atoms with Crippen molar-refractivity contribution in [1.82, 2.24) is 20.2 Å². The SMILES string of the molecule is COCCCCCn1nnnc1-c1cc(N)cc(Cl)c1. The second-order valence-corrected chi connectivity index (χ2v) is 4.99. The second kappa shape index (κ2) is 7.21. The minimum absolute atomic E-state index is 0.578. The Balaban J connectivity index is 2.04. The predicted octanol–water partition coefficient (Wildman–Crippen LogP) is 2.39. The van der Waals surface area contributed by atoms with Crippen molar-refractivity contribution in [2.24, 2.45) is 0 Å². The van der Waals surface area contributed by atoms with Crippen molar-refractivity contribution in [3.05, 3.63) is 23.2 Å². The molecule has 0 bridgehead atoms. The Bertz CT molecular complexity index is 537. The quantitative estimate of drug-likeness (QED) is 0.627. The van der Waals surface area contributed by atoms with Gasteiger partial charge in [0.25, 0.3) is 0 Å². The van der Waals surface area contributed by atoms with Crippen molar-refractivity contribution in [2.45, 2.75) is 25.8 Å². The highest BCUT2D eigenvalue weighted by Crippen LogP contribution is 2.24. The molecular formula is C13H18ClN5O. The number of hydrogen-bond donors (Lipinski definition) is 1. The van der Waals surface area contributed by atoms with E-state index in [1.165, 1.54) is 0 Å². The van der Waals surface area contributed by atoms with Crippen LogP contribution in [0.3, 0.4) is 0 Å². The molecule has 2 rings (SSSR count). The predicted molar refractivity (Wildman–Crippen MR) is 78.4 cm³/mol. The fourth-order valence-electron chi connectivity index (χ4n) is 1.99. The van der Waals surface area contributed by atoms with Crippen LogP contribution in [-0.4, -0.2) is 33.9 Å². The number of aromatic nitrogens is 4. The van der Waals surface area contributed by atoms with Crippen LogP contribution in [0.4, 0.5) is 5.69 Å². The molecule has 0 aliphatic heterocycles. The molecule has 2 N–H and O–H groups in total. The van der Waals surface area contributed by atoms with Crippen LogP contribution in [0.15, 0.2) is 18.2 Å². The smallest absolute Gasteiger partial charge is 0.182 e. The summed E-state index contributed by atoms with van der Waals surface area (Å²) in [6.45, 7) is 1.55. The minimum atomic E-state index is 0.578. The number of ether oxygens (including phenoxy) is 1. The maximum Gasteiger partial charge on any atom is 0.182 e. The number of benzene rings is 1. The van der Waals surface area contributed by atoms with Gasteiger partial charge in [0.05, 0.1) is 0 Å². The number of rotatable bonds is 7. The lowest BCUT2D eigenvalue weighted by molar-refractivity contribution is 0.191. The molecule has 2 aromatic rings. The number of tetrazole rings is 1. The molecule has 20 heavy (non-hydrogen) atoms.